The molecule has 0 fully saturated rings. The van der Waals surface area contributed by atoms with E-state index >= 15 is 0 Å². The van der Waals surface area contributed by atoms with Crippen LogP contribution in [-0.4, -0.2) is 31.6 Å². The minimum atomic E-state index is -0.0519. The molecule has 0 aliphatic carbocycles. The van der Waals surface area contributed by atoms with Crippen LogP contribution in [0.3, 0.4) is 0 Å². The van der Waals surface area contributed by atoms with Gasteiger partial charge in [0.2, 0.25) is 0 Å². The van der Waals surface area contributed by atoms with E-state index in [2.05, 4.69) is 19.9 Å². The highest BCUT2D eigenvalue weighted by Crippen LogP contribution is 2.26. The lowest BCUT2D eigenvalue weighted by Gasteiger charge is -2.09. The fourth-order valence-electron chi connectivity index (χ4n) is 3.64. The Hall–Kier alpha value is -4.00. The van der Waals surface area contributed by atoms with Gasteiger partial charge in [0.05, 0.1) is 30.0 Å². The maximum Gasteiger partial charge on any atom is 0.261 e. The van der Waals surface area contributed by atoms with E-state index < -0.39 is 0 Å². The Bertz CT molecular complexity index is 1420. The first-order valence-electron chi connectivity index (χ1n) is 9.63. The second-order valence-corrected chi connectivity index (χ2v) is 7.04. The van der Waals surface area contributed by atoms with E-state index in [0.29, 0.717) is 17.4 Å². The Morgan fingerprint density at radius 1 is 1.03 bits per heavy atom. The third-order valence-corrected chi connectivity index (χ3v) is 5.23. The molecule has 3 heterocycles. The molecule has 0 spiro atoms. The number of aromatic amines is 1. The molecule has 7 nitrogen and oxygen atoms in total. The third-order valence-electron chi connectivity index (χ3n) is 5.23. The highest BCUT2D eigenvalue weighted by molar-refractivity contribution is 5.93. The maximum atomic E-state index is 13.0. The van der Waals surface area contributed by atoms with Crippen LogP contribution in [-0.2, 0) is 13.0 Å². The molecule has 0 saturated heterocycles. The van der Waals surface area contributed by atoms with Crippen molar-refractivity contribution >= 4 is 21.9 Å². The van der Waals surface area contributed by atoms with Gasteiger partial charge >= 0.3 is 0 Å². The van der Waals surface area contributed by atoms with Crippen molar-refractivity contribution in [1.82, 2.24) is 24.5 Å². The smallest absolute Gasteiger partial charge is 0.261 e. The van der Waals surface area contributed by atoms with Crippen LogP contribution in [0.1, 0.15) is 5.56 Å². The summed E-state index contributed by atoms with van der Waals surface area (Å²) >= 11 is 0. The van der Waals surface area contributed by atoms with Crippen molar-refractivity contribution in [2.75, 3.05) is 7.11 Å². The molecule has 0 bridgehead atoms. The van der Waals surface area contributed by atoms with Gasteiger partial charge in [-0.25, -0.2) is 15.0 Å². The van der Waals surface area contributed by atoms with Gasteiger partial charge < -0.3 is 9.72 Å². The molecule has 3 aromatic heterocycles. The van der Waals surface area contributed by atoms with E-state index in [1.807, 2.05) is 54.7 Å². The van der Waals surface area contributed by atoms with E-state index in [1.165, 1.54) is 6.33 Å². The molecule has 5 aromatic rings. The number of rotatable bonds is 5. The van der Waals surface area contributed by atoms with Crippen LogP contribution in [0.25, 0.3) is 33.2 Å². The van der Waals surface area contributed by atoms with Crippen molar-refractivity contribution in [1.29, 1.82) is 0 Å². The Morgan fingerprint density at radius 2 is 1.97 bits per heavy atom. The first-order valence-corrected chi connectivity index (χ1v) is 9.63. The molecule has 0 radical (unpaired) electrons. The number of aromatic nitrogens is 5. The van der Waals surface area contributed by atoms with Crippen LogP contribution < -0.4 is 10.3 Å². The lowest BCUT2D eigenvalue weighted by molar-refractivity contribution is 0.414. The van der Waals surface area contributed by atoms with E-state index in [4.69, 9.17) is 4.74 Å². The van der Waals surface area contributed by atoms with Crippen LogP contribution in [0.4, 0.5) is 0 Å². The molecule has 0 saturated carbocycles. The molecule has 30 heavy (non-hydrogen) atoms. The molecule has 1 N–H and O–H groups in total. The number of H-pyrrole nitrogens is 1. The highest BCUT2D eigenvalue weighted by Gasteiger charge is 2.10. The summed E-state index contributed by atoms with van der Waals surface area (Å²) in [5.41, 5.74) is 4.20. The summed E-state index contributed by atoms with van der Waals surface area (Å²) in [5, 5.41) is 1.52. The lowest BCUT2D eigenvalue weighted by atomic mass is 10.1. The van der Waals surface area contributed by atoms with Crippen molar-refractivity contribution in [3.63, 3.8) is 0 Å². The number of methoxy groups -OCH3 is 1. The molecule has 148 valence electrons. The summed E-state index contributed by atoms with van der Waals surface area (Å²) in [6.45, 7) is 0.548. The number of nitrogens with one attached hydrogen (secondary N) is 1. The second kappa shape index (κ2) is 7.44. The van der Waals surface area contributed by atoms with E-state index in [1.54, 1.807) is 18.0 Å². The zero-order chi connectivity index (χ0) is 20.5. The van der Waals surface area contributed by atoms with Crippen LogP contribution in [0.15, 0.2) is 72.2 Å². The van der Waals surface area contributed by atoms with E-state index in [9.17, 15) is 4.79 Å². The number of aryl methyl sites for hydroxylation is 2. The largest absolute Gasteiger partial charge is 0.497 e. The van der Waals surface area contributed by atoms with Crippen molar-refractivity contribution in [3.05, 3.63) is 83.3 Å². The summed E-state index contributed by atoms with van der Waals surface area (Å²) in [6.07, 6.45) is 5.70. The Balaban J connectivity index is 1.47. The van der Waals surface area contributed by atoms with Crippen molar-refractivity contribution in [3.8, 4) is 17.0 Å². The van der Waals surface area contributed by atoms with Gasteiger partial charge in [-0.3, -0.25) is 9.36 Å². The van der Waals surface area contributed by atoms with Crippen molar-refractivity contribution in [2.45, 2.75) is 13.0 Å². The van der Waals surface area contributed by atoms with Crippen LogP contribution in [0.2, 0.25) is 0 Å². The zero-order valence-electron chi connectivity index (χ0n) is 16.4. The standard InChI is InChI=1S/C23H19N5O2/c1-30-17-4-2-3-15(11-17)8-10-28-14-27-20-12-16(5-6-18(20)23(28)29)21-19-7-9-24-22(19)26-13-25-21/h2-7,9,11-14H,8,10H2,1H3,(H,24,25,26). The van der Waals surface area contributed by atoms with Gasteiger partial charge in [-0.1, -0.05) is 18.2 Å². The summed E-state index contributed by atoms with van der Waals surface area (Å²) < 4.78 is 6.91. The molecule has 7 heteroatoms. The Morgan fingerprint density at radius 3 is 2.87 bits per heavy atom. The Kier molecular flexibility index (Phi) is 4.48. The van der Waals surface area contributed by atoms with Gasteiger partial charge in [0.15, 0.2) is 0 Å². The van der Waals surface area contributed by atoms with Gasteiger partial charge in [0.25, 0.3) is 5.56 Å². The molecule has 0 aliphatic rings. The normalized spacial score (nSPS) is 11.2. The lowest BCUT2D eigenvalue weighted by Crippen LogP contribution is -2.21. The molecule has 0 atom stereocenters. The van der Waals surface area contributed by atoms with Gasteiger partial charge in [0, 0.05) is 23.7 Å². The van der Waals surface area contributed by atoms with Gasteiger partial charge in [-0.2, -0.15) is 0 Å². The predicted octanol–water partition coefficient (Wildman–Crippen LogP) is 3.59. The minimum Gasteiger partial charge on any atom is -0.497 e. The van der Waals surface area contributed by atoms with E-state index in [0.717, 1.165) is 40.0 Å². The summed E-state index contributed by atoms with van der Waals surface area (Å²) in [6, 6.07) is 15.4. The molecular weight excluding hydrogens is 378 g/mol. The second-order valence-electron chi connectivity index (χ2n) is 7.04. The SMILES string of the molecule is COc1cccc(CCn2cnc3cc(-c4ncnc5[nH]ccc45)ccc3c2=O)c1. The van der Waals surface area contributed by atoms with Crippen LogP contribution in [0.5, 0.6) is 5.75 Å². The fourth-order valence-corrected chi connectivity index (χ4v) is 3.64. The summed E-state index contributed by atoms with van der Waals surface area (Å²) in [5.74, 6) is 0.810. The third kappa shape index (κ3) is 3.20. The number of hydrogen-bond donors (Lipinski definition) is 1. The summed E-state index contributed by atoms with van der Waals surface area (Å²) in [4.78, 5) is 29.2. The molecule has 0 amide bonds. The number of hydrogen-bond acceptors (Lipinski definition) is 5. The molecular formula is C23H19N5O2. The number of ether oxygens (including phenoxy) is 1. The first-order chi connectivity index (χ1) is 14.7. The topological polar surface area (TPSA) is 85.7 Å². The molecule has 2 aromatic carbocycles. The Labute approximate surface area is 172 Å². The quantitative estimate of drug-likeness (QED) is 0.490. The molecule has 5 rings (SSSR count). The van der Waals surface area contributed by atoms with Gasteiger partial charge in [-0.15, -0.1) is 0 Å². The molecule has 0 unspecified atom stereocenters. The average Bonchev–Trinajstić information content (AvgIpc) is 3.27. The fraction of sp³-hybridized carbons (Fsp3) is 0.130. The van der Waals surface area contributed by atoms with Crippen molar-refractivity contribution < 1.29 is 4.74 Å². The first kappa shape index (κ1) is 18.1. The van der Waals surface area contributed by atoms with E-state index in [-0.39, 0.29) is 5.56 Å². The number of nitrogens with zero attached hydrogens (tertiary/aromatic N) is 4. The average molecular weight is 397 g/mol. The number of fused-ring (bicyclic) bond motifs is 2. The summed E-state index contributed by atoms with van der Waals surface area (Å²) in [7, 11) is 1.65. The van der Waals surface area contributed by atoms with Crippen LogP contribution >= 0.6 is 0 Å². The van der Waals surface area contributed by atoms with Crippen molar-refractivity contribution in [2.24, 2.45) is 0 Å². The monoisotopic (exact) mass is 397 g/mol. The number of benzene rings is 2. The van der Waals surface area contributed by atoms with Crippen LogP contribution in [0, 0.1) is 0 Å². The molecule has 0 aliphatic heterocycles. The highest BCUT2D eigenvalue weighted by atomic mass is 16.5. The van der Waals surface area contributed by atoms with Gasteiger partial charge in [-0.05, 0) is 42.3 Å². The predicted molar refractivity (Wildman–Crippen MR) is 116 cm³/mol. The van der Waals surface area contributed by atoms with Gasteiger partial charge in [0.1, 0.15) is 17.7 Å². The minimum absolute atomic E-state index is 0.0519. The zero-order valence-corrected chi connectivity index (χ0v) is 16.4. The maximum absolute atomic E-state index is 13.0.